The van der Waals surface area contributed by atoms with E-state index < -0.39 is 5.97 Å². The van der Waals surface area contributed by atoms with Gasteiger partial charge in [-0.25, -0.2) is 0 Å². The van der Waals surface area contributed by atoms with Gasteiger partial charge < -0.3 is 19.3 Å². The second kappa shape index (κ2) is 6.66. The molecule has 2 atom stereocenters. The monoisotopic (exact) mass is 321 g/mol. The standard InChI is InChI=1S/C17H23NO5/c1-11-3-4-13(17(19)20)10-18(11)9-12-7-14(21-2)16-15(8-12)22-5-6-23-16/h7-8,11,13H,3-6,9-10H2,1-2H3,(H,19,20). The third-order valence-electron chi connectivity index (χ3n) is 4.63. The predicted octanol–water partition coefficient (Wildman–Crippen LogP) is 2.15. The Balaban J connectivity index is 1.80. The van der Waals surface area contributed by atoms with Gasteiger partial charge in [0.1, 0.15) is 13.2 Å². The number of ether oxygens (including phenoxy) is 3. The number of hydrogen-bond donors (Lipinski definition) is 1. The summed E-state index contributed by atoms with van der Waals surface area (Å²) >= 11 is 0. The van der Waals surface area contributed by atoms with E-state index in [9.17, 15) is 9.90 Å². The van der Waals surface area contributed by atoms with Crippen LogP contribution in [0.15, 0.2) is 12.1 Å². The predicted molar refractivity (Wildman–Crippen MR) is 84.2 cm³/mol. The summed E-state index contributed by atoms with van der Waals surface area (Å²) in [7, 11) is 1.61. The maximum Gasteiger partial charge on any atom is 0.307 e. The van der Waals surface area contributed by atoms with E-state index in [1.165, 1.54) is 0 Å². The highest BCUT2D eigenvalue weighted by Gasteiger charge is 2.30. The molecule has 6 nitrogen and oxygen atoms in total. The quantitative estimate of drug-likeness (QED) is 0.916. The minimum absolute atomic E-state index is 0.287. The molecular formula is C17H23NO5. The van der Waals surface area contributed by atoms with Crippen molar-refractivity contribution in [3.63, 3.8) is 0 Å². The van der Waals surface area contributed by atoms with Gasteiger partial charge in [0.2, 0.25) is 5.75 Å². The number of nitrogens with zero attached hydrogens (tertiary/aromatic N) is 1. The Morgan fingerprint density at radius 2 is 2.13 bits per heavy atom. The van der Waals surface area contributed by atoms with Crippen LogP contribution in [-0.2, 0) is 11.3 Å². The van der Waals surface area contributed by atoms with Crippen LogP contribution in [0.1, 0.15) is 25.3 Å². The van der Waals surface area contributed by atoms with Gasteiger partial charge in [-0.3, -0.25) is 9.69 Å². The van der Waals surface area contributed by atoms with Crippen LogP contribution in [0.5, 0.6) is 17.2 Å². The van der Waals surface area contributed by atoms with E-state index in [1.807, 2.05) is 12.1 Å². The fourth-order valence-electron chi connectivity index (χ4n) is 3.25. The van der Waals surface area contributed by atoms with Crippen LogP contribution in [0.25, 0.3) is 0 Å². The second-order valence-corrected chi connectivity index (χ2v) is 6.21. The molecule has 2 unspecified atom stereocenters. The van der Waals surface area contributed by atoms with Gasteiger partial charge in [0.05, 0.1) is 13.0 Å². The van der Waals surface area contributed by atoms with E-state index >= 15 is 0 Å². The summed E-state index contributed by atoms with van der Waals surface area (Å²) in [6.07, 6.45) is 1.65. The minimum atomic E-state index is -0.707. The Morgan fingerprint density at radius 3 is 2.87 bits per heavy atom. The molecular weight excluding hydrogens is 298 g/mol. The van der Waals surface area contributed by atoms with E-state index in [1.54, 1.807) is 7.11 Å². The number of fused-ring (bicyclic) bond motifs is 1. The molecule has 0 spiro atoms. The van der Waals surface area contributed by atoms with Crippen molar-refractivity contribution in [3.8, 4) is 17.2 Å². The molecule has 23 heavy (non-hydrogen) atoms. The average molecular weight is 321 g/mol. The smallest absolute Gasteiger partial charge is 0.307 e. The zero-order chi connectivity index (χ0) is 16.4. The van der Waals surface area contributed by atoms with Gasteiger partial charge in [0.25, 0.3) is 0 Å². The fourth-order valence-corrected chi connectivity index (χ4v) is 3.25. The topological polar surface area (TPSA) is 68.2 Å². The Morgan fingerprint density at radius 1 is 1.35 bits per heavy atom. The van der Waals surface area contributed by atoms with E-state index in [0.717, 1.165) is 18.4 Å². The van der Waals surface area contributed by atoms with Crippen molar-refractivity contribution in [1.29, 1.82) is 0 Å². The van der Waals surface area contributed by atoms with Crippen molar-refractivity contribution in [2.75, 3.05) is 26.9 Å². The van der Waals surface area contributed by atoms with Crippen LogP contribution >= 0.6 is 0 Å². The Hall–Kier alpha value is -1.95. The van der Waals surface area contributed by atoms with Crippen molar-refractivity contribution in [2.45, 2.75) is 32.4 Å². The molecule has 0 saturated carbocycles. The van der Waals surface area contributed by atoms with Crippen LogP contribution in [0.2, 0.25) is 0 Å². The number of rotatable bonds is 4. The first kappa shape index (κ1) is 15.9. The highest BCUT2D eigenvalue weighted by atomic mass is 16.6. The molecule has 1 saturated heterocycles. The van der Waals surface area contributed by atoms with Crippen LogP contribution in [0.3, 0.4) is 0 Å². The molecule has 0 amide bonds. The summed E-state index contributed by atoms with van der Waals surface area (Å²) in [5, 5.41) is 9.27. The second-order valence-electron chi connectivity index (χ2n) is 6.21. The number of benzene rings is 1. The molecule has 3 rings (SSSR count). The van der Waals surface area contributed by atoms with Gasteiger partial charge in [-0.05, 0) is 37.5 Å². The van der Waals surface area contributed by atoms with Gasteiger partial charge in [0, 0.05) is 19.1 Å². The molecule has 0 aliphatic carbocycles. The summed E-state index contributed by atoms with van der Waals surface area (Å²) in [6, 6.07) is 4.28. The fraction of sp³-hybridized carbons (Fsp3) is 0.588. The average Bonchev–Trinajstić information content (AvgIpc) is 2.55. The van der Waals surface area contributed by atoms with Crippen molar-refractivity contribution >= 4 is 5.97 Å². The third-order valence-corrected chi connectivity index (χ3v) is 4.63. The number of carboxylic acids is 1. The third kappa shape index (κ3) is 3.37. The molecule has 1 aromatic rings. The molecule has 2 aliphatic rings. The van der Waals surface area contributed by atoms with E-state index in [-0.39, 0.29) is 5.92 Å². The first-order valence-corrected chi connectivity index (χ1v) is 8.02. The lowest BCUT2D eigenvalue weighted by Crippen LogP contribution is -2.43. The van der Waals surface area contributed by atoms with Gasteiger partial charge >= 0.3 is 5.97 Å². The molecule has 6 heteroatoms. The summed E-state index contributed by atoms with van der Waals surface area (Å²) in [5.74, 6) is 1.02. The normalized spacial score (nSPS) is 24.3. The number of aliphatic carboxylic acids is 1. The van der Waals surface area contributed by atoms with E-state index in [0.29, 0.717) is 49.6 Å². The minimum Gasteiger partial charge on any atom is -0.493 e. The zero-order valence-corrected chi connectivity index (χ0v) is 13.6. The molecule has 0 bridgehead atoms. The molecule has 0 radical (unpaired) electrons. The molecule has 1 fully saturated rings. The Bertz CT molecular complexity index is 571. The molecule has 126 valence electrons. The first-order chi connectivity index (χ1) is 11.1. The van der Waals surface area contributed by atoms with Crippen LogP contribution in [-0.4, -0.2) is 48.9 Å². The van der Waals surface area contributed by atoms with Gasteiger partial charge in [-0.1, -0.05) is 0 Å². The highest BCUT2D eigenvalue weighted by molar-refractivity contribution is 5.70. The van der Waals surface area contributed by atoms with E-state index in [2.05, 4.69) is 11.8 Å². The summed E-state index contributed by atoms with van der Waals surface area (Å²) < 4.78 is 16.7. The molecule has 1 N–H and O–H groups in total. The molecule has 1 aromatic carbocycles. The largest absolute Gasteiger partial charge is 0.493 e. The number of piperidine rings is 1. The molecule has 2 aliphatic heterocycles. The van der Waals surface area contributed by atoms with Crippen molar-refractivity contribution in [1.82, 2.24) is 4.90 Å². The number of carboxylic acid groups (broad SMARTS) is 1. The summed E-state index contributed by atoms with van der Waals surface area (Å²) in [6.45, 7) is 4.45. The Labute approximate surface area is 135 Å². The number of methoxy groups -OCH3 is 1. The number of likely N-dealkylation sites (tertiary alicyclic amines) is 1. The molecule has 0 aromatic heterocycles. The van der Waals surface area contributed by atoms with Crippen LogP contribution in [0.4, 0.5) is 0 Å². The maximum atomic E-state index is 11.3. The van der Waals surface area contributed by atoms with Crippen molar-refractivity contribution in [3.05, 3.63) is 17.7 Å². The first-order valence-electron chi connectivity index (χ1n) is 8.02. The molecule has 2 heterocycles. The van der Waals surface area contributed by atoms with Gasteiger partial charge in [-0.2, -0.15) is 0 Å². The van der Waals surface area contributed by atoms with Crippen molar-refractivity contribution in [2.24, 2.45) is 5.92 Å². The summed E-state index contributed by atoms with van der Waals surface area (Å²) in [4.78, 5) is 13.5. The zero-order valence-electron chi connectivity index (χ0n) is 13.6. The lowest BCUT2D eigenvalue weighted by molar-refractivity contribution is -0.144. The maximum absolute atomic E-state index is 11.3. The van der Waals surface area contributed by atoms with Crippen molar-refractivity contribution < 1.29 is 24.1 Å². The SMILES string of the molecule is COc1cc(CN2CC(C(=O)O)CCC2C)cc2c1OCCO2. The Kier molecular flexibility index (Phi) is 4.61. The summed E-state index contributed by atoms with van der Waals surface area (Å²) in [5.41, 5.74) is 1.05. The number of carbonyl (C=O) groups is 1. The van der Waals surface area contributed by atoms with Crippen LogP contribution in [0, 0.1) is 5.92 Å². The van der Waals surface area contributed by atoms with Gasteiger partial charge in [0.15, 0.2) is 11.5 Å². The van der Waals surface area contributed by atoms with Gasteiger partial charge in [-0.15, -0.1) is 0 Å². The van der Waals surface area contributed by atoms with Crippen LogP contribution < -0.4 is 14.2 Å². The number of hydrogen-bond acceptors (Lipinski definition) is 5. The van der Waals surface area contributed by atoms with E-state index in [4.69, 9.17) is 14.2 Å². The highest BCUT2D eigenvalue weighted by Crippen LogP contribution is 2.41. The lowest BCUT2D eigenvalue weighted by Gasteiger charge is -2.36. The lowest BCUT2D eigenvalue weighted by atomic mass is 9.93.